The molecular weight excluding hydrogens is 270 g/mol. The van der Waals surface area contributed by atoms with Crippen LogP contribution in [0.1, 0.15) is 50.6 Å². The molecule has 0 heterocycles. The quantitative estimate of drug-likeness (QED) is 0.877. The van der Waals surface area contributed by atoms with Gasteiger partial charge in [-0.25, -0.2) is 8.42 Å². The Morgan fingerprint density at radius 3 is 2.30 bits per heavy atom. The van der Waals surface area contributed by atoms with E-state index in [1.54, 1.807) is 0 Å². The molecule has 0 saturated heterocycles. The minimum Gasteiger partial charge on any atom is -0.312 e. The fraction of sp³-hybridized carbons (Fsp3) is 0.625. The molecule has 3 nitrogen and oxygen atoms in total. The molecule has 2 atom stereocenters. The standard InChI is InChI=1S/C16H25NO2S/c1-3-15(20(18,19)14-11-7-8-12-14)16(17-2)13-9-5-4-6-10-13/h4-6,9-10,14-17H,3,7-8,11-12H2,1-2H3. The number of hydrogen-bond donors (Lipinski definition) is 1. The SMILES string of the molecule is CCC(C(NC)c1ccccc1)S(=O)(=O)C1CCCC1. The number of nitrogens with one attached hydrogen (secondary N) is 1. The number of sulfone groups is 1. The van der Waals surface area contributed by atoms with Crippen molar-refractivity contribution in [1.82, 2.24) is 5.32 Å². The summed E-state index contributed by atoms with van der Waals surface area (Å²) in [5, 5.41) is 2.75. The molecule has 2 rings (SSSR count). The van der Waals surface area contributed by atoms with E-state index in [9.17, 15) is 8.42 Å². The smallest absolute Gasteiger partial charge is 0.157 e. The third-order valence-corrected chi connectivity index (χ3v) is 7.28. The van der Waals surface area contributed by atoms with Gasteiger partial charge in [-0.05, 0) is 31.9 Å². The molecule has 1 aromatic rings. The van der Waals surface area contributed by atoms with Crippen LogP contribution in [0.3, 0.4) is 0 Å². The Morgan fingerprint density at radius 1 is 1.20 bits per heavy atom. The fourth-order valence-corrected chi connectivity index (χ4v) is 5.97. The minimum atomic E-state index is -3.07. The van der Waals surface area contributed by atoms with Gasteiger partial charge in [0.25, 0.3) is 0 Å². The minimum absolute atomic E-state index is 0.119. The van der Waals surface area contributed by atoms with Crippen molar-refractivity contribution in [3.8, 4) is 0 Å². The van der Waals surface area contributed by atoms with Crippen molar-refractivity contribution < 1.29 is 8.42 Å². The van der Waals surface area contributed by atoms with Crippen LogP contribution < -0.4 is 5.32 Å². The van der Waals surface area contributed by atoms with E-state index in [0.717, 1.165) is 31.2 Å². The molecule has 1 N–H and O–H groups in total. The zero-order valence-corrected chi connectivity index (χ0v) is 13.2. The van der Waals surface area contributed by atoms with Crippen molar-refractivity contribution in [2.24, 2.45) is 0 Å². The molecule has 1 aromatic carbocycles. The maximum absolute atomic E-state index is 12.9. The highest BCUT2D eigenvalue weighted by atomic mass is 32.2. The first-order valence-corrected chi connectivity index (χ1v) is 9.17. The van der Waals surface area contributed by atoms with Gasteiger partial charge in [-0.15, -0.1) is 0 Å². The highest BCUT2D eigenvalue weighted by Gasteiger charge is 2.39. The molecule has 0 amide bonds. The molecule has 112 valence electrons. The van der Waals surface area contributed by atoms with E-state index in [2.05, 4.69) is 5.32 Å². The monoisotopic (exact) mass is 295 g/mol. The second-order valence-corrected chi connectivity index (χ2v) is 8.07. The molecule has 1 aliphatic rings. The Balaban J connectivity index is 2.30. The van der Waals surface area contributed by atoms with Gasteiger partial charge in [0.2, 0.25) is 0 Å². The maximum atomic E-state index is 12.9. The third kappa shape index (κ3) is 3.07. The first-order valence-electron chi connectivity index (χ1n) is 7.56. The number of rotatable bonds is 6. The van der Waals surface area contributed by atoms with Gasteiger partial charge in [0.05, 0.1) is 10.5 Å². The van der Waals surface area contributed by atoms with Crippen LogP contribution in [-0.2, 0) is 9.84 Å². The van der Waals surface area contributed by atoms with E-state index >= 15 is 0 Å². The largest absolute Gasteiger partial charge is 0.312 e. The first kappa shape index (κ1) is 15.5. The predicted molar refractivity (Wildman–Crippen MR) is 83.5 cm³/mol. The van der Waals surface area contributed by atoms with Gasteiger partial charge in [0.15, 0.2) is 9.84 Å². The van der Waals surface area contributed by atoms with Gasteiger partial charge in [0, 0.05) is 6.04 Å². The highest BCUT2D eigenvalue weighted by molar-refractivity contribution is 7.92. The lowest BCUT2D eigenvalue weighted by molar-refractivity contribution is 0.498. The Bertz CT molecular complexity index is 507. The molecule has 1 saturated carbocycles. The van der Waals surface area contributed by atoms with Crippen LogP contribution in [0.2, 0.25) is 0 Å². The summed E-state index contributed by atoms with van der Waals surface area (Å²) in [6.45, 7) is 1.98. The molecule has 0 aliphatic heterocycles. The van der Waals surface area contributed by atoms with Gasteiger partial charge in [-0.2, -0.15) is 0 Å². The van der Waals surface area contributed by atoms with Crippen LogP contribution in [-0.4, -0.2) is 26.0 Å². The normalized spacial score (nSPS) is 19.9. The van der Waals surface area contributed by atoms with E-state index in [0.29, 0.717) is 6.42 Å². The fourth-order valence-electron chi connectivity index (χ4n) is 3.35. The second-order valence-electron chi connectivity index (χ2n) is 5.62. The zero-order chi connectivity index (χ0) is 14.6. The van der Waals surface area contributed by atoms with Crippen LogP contribution in [0.4, 0.5) is 0 Å². The van der Waals surface area contributed by atoms with Gasteiger partial charge in [0.1, 0.15) is 0 Å². The van der Waals surface area contributed by atoms with Crippen LogP contribution in [0.5, 0.6) is 0 Å². The van der Waals surface area contributed by atoms with E-state index < -0.39 is 9.84 Å². The number of benzene rings is 1. The molecule has 1 fully saturated rings. The average molecular weight is 295 g/mol. The van der Waals surface area contributed by atoms with E-state index in [-0.39, 0.29) is 16.5 Å². The Kier molecular flexibility index (Phi) is 5.22. The molecule has 0 radical (unpaired) electrons. The summed E-state index contributed by atoms with van der Waals surface area (Å²) >= 11 is 0. The summed E-state index contributed by atoms with van der Waals surface area (Å²) in [5.41, 5.74) is 1.06. The molecule has 4 heteroatoms. The lowest BCUT2D eigenvalue weighted by atomic mass is 10.0. The van der Waals surface area contributed by atoms with Crippen molar-refractivity contribution in [2.75, 3.05) is 7.05 Å². The van der Waals surface area contributed by atoms with Gasteiger partial charge >= 0.3 is 0 Å². The number of hydrogen-bond acceptors (Lipinski definition) is 3. The lowest BCUT2D eigenvalue weighted by Gasteiger charge is -2.28. The van der Waals surface area contributed by atoms with Gasteiger partial charge in [-0.3, -0.25) is 0 Å². The maximum Gasteiger partial charge on any atom is 0.157 e. The predicted octanol–water partition coefficient (Wildman–Crippen LogP) is 3.08. The van der Waals surface area contributed by atoms with Gasteiger partial charge < -0.3 is 5.32 Å². The van der Waals surface area contributed by atoms with E-state index in [1.165, 1.54) is 0 Å². The zero-order valence-electron chi connectivity index (χ0n) is 12.4. The summed E-state index contributed by atoms with van der Waals surface area (Å²) < 4.78 is 25.8. The summed E-state index contributed by atoms with van der Waals surface area (Å²) in [6, 6.07) is 9.79. The van der Waals surface area contributed by atoms with Crippen molar-refractivity contribution in [2.45, 2.75) is 55.6 Å². The lowest BCUT2D eigenvalue weighted by Crippen LogP contribution is -2.39. The third-order valence-electron chi connectivity index (χ3n) is 4.43. The molecule has 1 aliphatic carbocycles. The first-order chi connectivity index (χ1) is 9.61. The van der Waals surface area contributed by atoms with Gasteiger partial charge in [-0.1, -0.05) is 50.1 Å². The molecule has 0 bridgehead atoms. The average Bonchev–Trinajstić information content (AvgIpc) is 3.00. The van der Waals surface area contributed by atoms with Crippen LogP contribution >= 0.6 is 0 Å². The Hall–Kier alpha value is -0.870. The highest BCUT2D eigenvalue weighted by Crippen LogP contribution is 2.33. The van der Waals surface area contributed by atoms with Crippen molar-refractivity contribution in [1.29, 1.82) is 0 Å². The van der Waals surface area contributed by atoms with Crippen LogP contribution in [0.15, 0.2) is 30.3 Å². The second kappa shape index (κ2) is 6.72. The van der Waals surface area contributed by atoms with Crippen LogP contribution in [0.25, 0.3) is 0 Å². The summed E-state index contributed by atoms with van der Waals surface area (Å²) in [7, 11) is -1.22. The van der Waals surface area contributed by atoms with E-state index in [4.69, 9.17) is 0 Å². The Labute approximate surface area is 122 Å². The van der Waals surface area contributed by atoms with Crippen molar-refractivity contribution >= 4 is 9.84 Å². The summed E-state index contributed by atoms with van der Waals surface area (Å²) in [5.74, 6) is 0. The van der Waals surface area contributed by atoms with Crippen molar-refractivity contribution in [3.05, 3.63) is 35.9 Å². The molecular formula is C16H25NO2S. The molecule has 0 spiro atoms. The molecule has 20 heavy (non-hydrogen) atoms. The summed E-state index contributed by atoms with van der Waals surface area (Å²) in [4.78, 5) is 0. The van der Waals surface area contributed by atoms with Crippen molar-refractivity contribution in [3.63, 3.8) is 0 Å². The topological polar surface area (TPSA) is 46.2 Å². The van der Waals surface area contributed by atoms with E-state index in [1.807, 2.05) is 44.3 Å². The summed E-state index contributed by atoms with van der Waals surface area (Å²) in [6.07, 6.45) is 4.43. The Morgan fingerprint density at radius 2 is 1.80 bits per heavy atom. The van der Waals surface area contributed by atoms with Crippen LogP contribution in [0, 0.1) is 0 Å². The molecule has 0 aromatic heterocycles. The molecule has 2 unspecified atom stereocenters.